The maximum Gasteiger partial charge on any atom is -0.00484 e. The largest absolute Gasteiger partial charge is 0.317 e. The Morgan fingerprint density at radius 3 is 0.737 bits per heavy atom. The fourth-order valence-electron chi connectivity index (χ4n) is 1.25. The average Bonchev–Trinajstić information content (AvgIpc) is 3.10. The lowest BCUT2D eigenvalue weighted by Gasteiger charge is -2.05. The van der Waals surface area contributed by atoms with Crippen LogP contribution in [0.5, 0.6) is 0 Å². The predicted octanol–water partition coefficient (Wildman–Crippen LogP) is 4.84. The third kappa shape index (κ3) is 46.2. The summed E-state index contributed by atoms with van der Waals surface area (Å²) in [6.07, 6.45) is 5.56. The van der Waals surface area contributed by atoms with Gasteiger partial charge in [-0.3, -0.25) is 0 Å². The Kier molecular flexibility index (Phi) is 25.5. The lowest BCUT2D eigenvalue weighted by atomic mass is 10.0. The molecule has 2 heterocycles. The molecule has 19 heavy (non-hydrogen) atoms. The van der Waals surface area contributed by atoms with Crippen molar-refractivity contribution in [3.63, 3.8) is 0 Å². The van der Waals surface area contributed by atoms with Gasteiger partial charge in [-0.25, -0.2) is 0 Å². The van der Waals surface area contributed by atoms with Crippen LogP contribution in [-0.4, -0.2) is 26.2 Å². The second-order valence-corrected chi connectivity index (χ2v) is 5.91. The molecule has 120 valence electrons. The van der Waals surface area contributed by atoms with E-state index in [2.05, 4.69) is 38.3 Å². The number of rotatable bonds is 0. The maximum atomic E-state index is 3.22. The molecule has 2 aliphatic heterocycles. The van der Waals surface area contributed by atoms with Crippen LogP contribution in [-0.2, 0) is 0 Å². The SMILES string of the molecule is C1CCNC1.C1CCNC1.CC.CC.CC(C)(C)C. The summed E-state index contributed by atoms with van der Waals surface area (Å²) in [4.78, 5) is 0. The predicted molar refractivity (Wildman–Crippen MR) is 92.0 cm³/mol. The molecule has 2 saturated heterocycles. The van der Waals surface area contributed by atoms with Gasteiger partial charge in [0.1, 0.15) is 0 Å². The van der Waals surface area contributed by atoms with Gasteiger partial charge >= 0.3 is 0 Å². The van der Waals surface area contributed by atoms with Gasteiger partial charge in [-0.1, -0.05) is 55.4 Å². The normalized spacial score (nSPS) is 16.4. The van der Waals surface area contributed by atoms with Crippen LogP contribution < -0.4 is 10.6 Å². The van der Waals surface area contributed by atoms with Gasteiger partial charge in [0.05, 0.1) is 0 Å². The van der Waals surface area contributed by atoms with E-state index in [-0.39, 0.29) is 0 Å². The molecule has 0 amide bonds. The first-order chi connectivity index (χ1) is 9.00. The van der Waals surface area contributed by atoms with Gasteiger partial charge in [0, 0.05) is 0 Å². The molecular formula is C17H42N2. The lowest BCUT2D eigenvalue weighted by Crippen LogP contribution is -2.03. The minimum Gasteiger partial charge on any atom is -0.317 e. The van der Waals surface area contributed by atoms with Crippen molar-refractivity contribution < 1.29 is 0 Å². The summed E-state index contributed by atoms with van der Waals surface area (Å²) < 4.78 is 0. The molecule has 0 unspecified atom stereocenters. The van der Waals surface area contributed by atoms with E-state index in [0.717, 1.165) is 0 Å². The molecular weight excluding hydrogens is 232 g/mol. The van der Waals surface area contributed by atoms with E-state index in [1.807, 2.05) is 27.7 Å². The van der Waals surface area contributed by atoms with Gasteiger partial charge in [0.25, 0.3) is 0 Å². The van der Waals surface area contributed by atoms with Crippen LogP contribution >= 0.6 is 0 Å². The van der Waals surface area contributed by atoms with Crippen LogP contribution in [0.1, 0.15) is 81.1 Å². The summed E-state index contributed by atoms with van der Waals surface area (Å²) >= 11 is 0. The lowest BCUT2D eigenvalue weighted by molar-refractivity contribution is 0.469. The first kappa shape index (κ1) is 24.0. The topological polar surface area (TPSA) is 24.1 Å². The molecule has 0 aromatic carbocycles. The molecule has 0 aromatic heterocycles. The summed E-state index contributed by atoms with van der Waals surface area (Å²) in [5.74, 6) is 0. The zero-order chi connectivity index (χ0) is 15.6. The molecule has 2 N–H and O–H groups in total. The second-order valence-electron chi connectivity index (χ2n) is 5.91. The summed E-state index contributed by atoms with van der Waals surface area (Å²) in [5, 5.41) is 6.44. The van der Waals surface area contributed by atoms with Crippen molar-refractivity contribution in [2.75, 3.05) is 26.2 Å². The van der Waals surface area contributed by atoms with Crippen molar-refractivity contribution in [1.82, 2.24) is 10.6 Å². The highest BCUT2D eigenvalue weighted by Crippen LogP contribution is 2.08. The first-order valence-corrected chi connectivity index (χ1v) is 8.41. The zero-order valence-corrected chi connectivity index (χ0v) is 15.2. The fourth-order valence-corrected chi connectivity index (χ4v) is 1.25. The van der Waals surface area contributed by atoms with Gasteiger partial charge in [0.15, 0.2) is 0 Å². The number of nitrogens with one attached hydrogen (secondary N) is 2. The standard InChI is InChI=1S/C5H12.2C4H9N.2C2H6/c1-5(2,3)4;2*1-2-4-5-3-1;2*1-2/h1-4H3;2*5H,1-4H2;2*1-2H3. The van der Waals surface area contributed by atoms with Gasteiger partial charge in [-0.15, -0.1) is 0 Å². The van der Waals surface area contributed by atoms with Crippen LogP contribution in [0, 0.1) is 5.41 Å². The molecule has 0 bridgehead atoms. The van der Waals surface area contributed by atoms with E-state index in [9.17, 15) is 0 Å². The molecule has 2 aliphatic rings. The van der Waals surface area contributed by atoms with E-state index in [1.165, 1.54) is 51.9 Å². The van der Waals surface area contributed by atoms with Crippen LogP contribution in [0.3, 0.4) is 0 Å². The Morgan fingerprint density at radius 1 is 0.526 bits per heavy atom. The van der Waals surface area contributed by atoms with Crippen LogP contribution in [0.15, 0.2) is 0 Å². The molecule has 0 atom stereocenters. The molecule has 2 heteroatoms. The van der Waals surface area contributed by atoms with Crippen molar-refractivity contribution in [3.05, 3.63) is 0 Å². The Hall–Kier alpha value is -0.0800. The van der Waals surface area contributed by atoms with Crippen molar-refractivity contribution in [3.8, 4) is 0 Å². The summed E-state index contributed by atoms with van der Waals surface area (Å²) in [6.45, 7) is 21.8. The van der Waals surface area contributed by atoms with Gasteiger partial charge in [0.2, 0.25) is 0 Å². The highest BCUT2D eigenvalue weighted by molar-refractivity contribution is 4.56. The van der Waals surface area contributed by atoms with E-state index in [1.54, 1.807) is 0 Å². The molecule has 2 nitrogen and oxygen atoms in total. The van der Waals surface area contributed by atoms with Gasteiger partial charge in [-0.2, -0.15) is 0 Å². The molecule has 2 fully saturated rings. The summed E-state index contributed by atoms with van der Waals surface area (Å²) in [7, 11) is 0. The quantitative estimate of drug-likeness (QED) is 0.660. The van der Waals surface area contributed by atoms with Gasteiger partial charge in [-0.05, 0) is 57.3 Å². The molecule has 0 radical (unpaired) electrons. The fraction of sp³-hybridized carbons (Fsp3) is 1.00. The zero-order valence-electron chi connectivity index (χ0n) is 15.2. The van der Waals surface area contributed by atoms with E-state index < -0.39 is 0 Å². The Balaban J connectivity index is -0.000000179. The third-order valence-corrected chi connectivity index (χ3v) is 1.91. The smallest absolute Gasteiger partial charge is 0.00484 e. The Bertz CT molecular complexity index is 88.5. The van der Waals surface area contributed by atoms with Crippen molar-refractivity contribution >= 4 is 0 Å². The highest BCUT2D eigenvalue weighted by atomic mass is 14.9. The molecule has 0 aromatic rings. The number of hydrogen-bond donors (Lipinski definition) is 2. The van der Waals surface area contributed by atoms with Crippen molar-refractivity contribution in [1.29, 1.82) is 0 Å². The second kappa shape index (κ2) is 20.2. The minimum atomic E-state index is 0.500. The summed E-state index contributed by atoms with van der Waals surface area (Å²) in [5.41, 5.74) is 0.500. The van der Waals surface area contributed by atoms with Crippen molar-refractivity contribution in [2.45, 2.75) is 81.1 Å². The third-order valence-electron chi connectivity index (χ3n) is 1.91. The maximum absolute atomic E-state index is 3.22. The van der Waals surface area contributed by atoms with Gasteiger partial charge < -0.3 is 10.6 Å². The van der Waals surface area contributed by atoms with E-state index in [0.29, 0.717) is 5.41 Å². The van der Waals surface area contributed by atoms with Crippen LogP contribution in [0.25, 0.3) is 0 Å². The highest BCUT2D eigenvalue weighted by Gasteiger charge is 1.95. The average molecular weight is 275 g/mol. The van der Waals surface area contributed by atoms with Crippen LogP contribution in [0.2, 0.25) is 0 Å². The van der Waals surface area contributed by atoms with Crippen molar-refractivity contribution in [2.24, 2.45) is 5.41 Å². The van der Waals surface area contributed by atoms with Crippen LogP contribution in [0.4, 0.5) is 0 Å². The monoisotopic (exact) mass is 274 g/mol. The molecule has 2 rings (SSSR count). The first-order valence-electron chi connectivity index (χ1n) is 8.41. The molecule has 0 aliphatic carbocycles. The van der Waals surface area contributed by atoms with E-state index in [4.69, 9.17) is 0 Å². The Morgan fingerprint density at radius 2 is 0.684 bits per heavy atom. The molecule has 0 saturated carbocycles. The molecule has 0 spiro atoms. The number of hydrogen-bond acceptors (Lipinski definition) is 2. The summed E-state index contributed by atoms with van der Waals surface area (Å²) in [6, 6.07) is 0. The minimum absolute atomic E-state index is 0.500. The van der Waals surface area contributed by atoms with E-state index >= 15 is 0 Å². The Labute approximate surface area is 124 Å².